The van der Waals surface area contributed by atoms with Crippen LogP contribution >= 0.6 is 0 Å². The zero-order chi connectivity index (χ0) is 18.7. The lowest BCUT2D eigenvalue weighted by atomic mass is 9.96. The molecule has 1 aromatic carbocycles. The molecular formula is C19H20N2O5. The van der Waals surface area contributed by atoms with Gasteiger partial charge in [-0.1, -0.05) is 6.07 Å². The van der Waals surface area contributed by atoms with E-state index < -0.39 is 5.97 Å². The van der Waals surface area contributed by atoms with Crippen LogP contribution in [0, 0.1) is 12.8 Å². The van der Waals surface area contributed by atoms with Gasteiger partial charge in [-0.2, -0.15) is 0 Å². The summed E-state index contributed by atoms with van der Waals surface area (Å²) in [7, 11) is 0. The maximum Gasteiger partial charge on any atom is 0.306 e. The topological polar surface area (TPSA) is 99.9 Å². The van der Waals surface area contributed by atoms with Crippen LogP contribution < -0.4 is 5.32 Å². The molecule has 0 saturated carbocycles. The van der Waals surface area contributed by atoms with Gasteiger partial charge < -0.3 is 19.7 Å². The maximum absolute atomic E-state index is 12.7. The smallest absolute Gasteiger partial charge is 0.306 e. The van der Waals surface area contributed by atoms with Crippen molar-refractivity contribution in [2.45, 2.75) is 19.8 Å². The number of carboxylic acid groups (broad SMARTS) is 1. The standard InChI is InChI=1S/C19H20N2O5/c1-12-4-5-14(11-15(12)20-17(22)16-3-2-10-26-16)18(23)21-8-6-13(7-9-21)19(24)25/h2-5,10-11,13H,6-9H2,1H3,(H,20,22)(H,24,25). The van der Waals surface area contributed by atoms with Crippen LogP contribution in [0.25, 0.3) is 0 Å². The van der Waals surface area contributed by atoms with E-state index in [4.69, 9.17) is 9.52 Å². The van der Waals surface area contributed by atoms with Crippen molar-refractivity contribution in [2.75, 3.05) is 18.4 Å². The SMILES string of the molecule is Cc1ccc(C(=O)N2CCC(C(=O)O)CC2)cc1NC(=O)c1ccco1. The molecule has 0 spiro atoms. The van der Waals surface area contributed by atoms with Gasteiger partial charge in [-0.05, 0) is 49.6 Å². The number of carboxylic acids is 1. The minimum absolute atomic E-state index is 0.165. The molecule has 2 heterocycles. The van der Waals surface area contributed by atoms with Gasteiger partial charge >= 0.3 is 5.97 Å². The quantitative estimate of drug-likeness (QED) is 0.877. The van der Waals surface area contributed by atoms with E-state index in [-0.39, 0.29) is 23.5 Å². The van der Waals surface area contributed by atoms with Gasteiger partial charge in [-0.15, -0.1) is 0 Å². The lowest BCUT2D eigenvalue weighted by Gasteiger charge is -2.30. The fraction of sp³-hybridized carbons (Fsp3) is 0.316. The van der Waals surface area contributed by atoms with Gasteiger partial charge in [-0.25, -0.2) is 0 Å². The van der Waals surface area contributed by atoms with E-state index in [1.165, 1.54) is 6.26 Å². The Morgan fingerprint density at radius 3 is 2.54 bits per heavy atom. The molecule has 0 aliphatic carbocycles. The zero-order valence-corrected chi connectivity index (χ0v) is 14.4. The first-order valence-electron chi connectivity index (χ1n) is 8.43. The fourth-order valence-corrected chi connectivity index (χ4v) is 2.99. The van der Waals surface area contributed by atoms with Gasteiger partial charge in [0.15, 0.2) is 5.76 Å². The number of aryl methyl sites for hydroxylation is 1. The van der Waals surface area contributed by atoms with Gasteiger partial charge in [0.05, 0.1) is 12.2 Å². The van der Waals surface area contributed by atoms with Gasteiger partial charge in [0.2, 0.25) is 0 Å². The van der Waals surface area contributed by atoms with Crippen molar-refractivity contribution in [2.24, 2.45) is 5.92 Å². The molecule has 2 amide bonds. The van der Waals surface area contributed by atoms with Crippen molar-refractivity contribution in [1.29, 1.82) is 0 Å². The molecule has 2 N–H and O–H groups in total. The van der Waals surface area contributed by atoms with E-state index in [9.17, 15) is 14.4 Å². The lowest BCUT2D eigenvalue weighted by Crippen LogP contribution is -2.40. The molecule has 26 heavy (non-hydrogen) atoms. The van der Waals surface area contributed by atoms with Crippen LogP contribution in [0.4, 0.5) is 5.69 Å². The van der Waals surface area contributed by atoms with Gasteiger partial charge in [-0.3, -0.25) is 14.4 Å². The number of furan rings is 1. The number of likely N-dealkylation sites (tertiary alicyclic amines) is 1. The van der Waals surface area contributed by atoms with Crippen molar-refractivity contribution in [3.63, 3.8) is 0 Å². The second-order valence-corrected chi connectivity index (χ2v) is 6.37. The number of anilines is 1. The predicted octanol–water partition coefficient (Wildman–Crippen LogP) is 2.78. The van der Waals surface area contributed by atoms with Crippen LogP contribution in [-0.2, 0) is 4.79 Å². The minimum atomic E-state index is -0.810. The Bertz CT molecular complexity index is 820. The van der Waals surface area contributed by atoms with E-state index in [2.05, 4.69) is 5.32 Å². The molecular weight excluding hydrogens is 336 g/mol. The molecule has 0 unspecified atom stereocenters. The van der Waals surface area contributed by atoms with Crippen LogP contribution in [-0.4, -0.2) is 40.9 Å². The molecule has 7 nitrogen and oxygen atoms in total. The van der Waals surface area contributed by atoms with E-state index in [1.807, 2.05) is 6.92 Å². The summed E-state index contributed by atoms with van der Waals surface area (Å²) in [5.74, 6) is -1.56. The highest BCUT2D eigenvalue weighted by atomic mass is 16.4. The monoisotopic (exact) mass is 356 g/mol. The number of hydrogen-bond acceptors (Lipinski definition) is 4. The number of rotatable bonds is 4. The van der Waals surface area contributed by atoms with Gasteiger partial charge in [0.1, 0.15) is 0 Å². The molecule has 0 bridgehead atoms. The Morgan fingerprint density at radius 1 is 1.19 bits per heavy atom. The highest BCUT2D eigenvalue weighted by Gasteiger charge is 2.27. The van der Waals surface area contributed by atoms with Crippen LogP contribution in [0.2, 0.25) is 0 Å². The first-order chi connectivity index (χ1) is 12.5. The fourth-order valence-electron chi connectivity index (χ4n) is 2.99. The van der Waals surface area contributed by atoms with Crippen LogP contribution in [0.5, 0.6) is 0 Å². The second kappa shape index (κ2) is 7.43. The number of aliphatic carboxylic acids is 1. The highest BCUT2D eigenvalue weighted by molar-refractivity contribution is 6.04. The first-order valence-corrected chi connectivity index (χ1v) is 8.43. The minimum Gasteiger partial charge on any atom is -0.481 e. The van der Waals surface area contributed by atoms with Crippen molar-refractivity contribution in [1.82, 2.24) is 4.90 Å². The molecule has 3 rings (SSSR count). The highest BCUT2D eigenvalue weighted by Crippen LogP contribution is 2.22. The normalized spacial score (nSPS) is 14.9. The van der Waals surface area contributed by atoms with Crippen LogP contribution in [0.1, 0.15) is 39.3 Å². The molecule has 1 saturated heterocycles. The molecule has 1 aliphatic rings. The largest absolute Gasteiger partial charge is 0.481 e. The number of amides is 2. The summed E-state index contributed by atoms with van der Waals surface area (Å²) in [6.07, 6.45) is 2.33. The van der Waals surface area contributed by atoms with Crippen molar-refractivity contribution in [3.8, 4) is 0 Å². The Kier molecular flexibility index (Phi) is 5.06. The number of carbonyl (C=O) groups excluding carboxylic acids is 2. The Balaban J connectivity index is 1.72. The molecule has 7 heteroatoms. The third-order valence-electron chi connectivity index (χ3n) is 4.61. The Labute approximate surface area is 150 Å². The summed E-state index contributed by atoms with van der Waals surface area (Å²) in [6, 6.07) is 8.31. The van der Waals surface area contributed by atoms with Crippen LogP contribution in [0.15, 0.2) is 41.0 Å². The van der Waals surface area contributed by atoms with E-state index in [0.717, 1.165) is 5.56 Å². The number of nitrogens with one attached hydrogen (secondary N) is 1. The summed E-state index contributed by atoms with van der Waals surface area (Å²) < 4.78 is 5.07. The van der Waals surface area contributed by atoms with Gasteiger partial charge in [0.25, 0.3) is 11.8 Å². The summed E-state index contributed by atoms with van der Waals surface area (Å²) >= 11 is 0. The number of hydrogen-bond donors (Lipinski definition) is 2. The van der Waals surface area contributed by atoms with E-state index >= 15 is 0 Å². The summed E-state index contributed by atoms with van der Waals surface area (Å²) in [5, 5.41) is 11.8. The number of benzene rings is 1. The maximum atomic E-state index is 12.7. The number of nitrogens with zero attached hydrogens (tertiary/aromatic N) is 1. The molecule has 1 aromatic heterocycles. The number of piperidine rings is 1. The average Bonchev–Trinajstić information content (AvgIpc) is 3.18. The lowest BCUT2D eigenvalue weighted by molar-refractivity contribution is -0.143. The molecule has 1 aliphatic heterocycles. The first kappa shape index (κ1) is 17.7. The van der Waals surface area contributed by atoms with E-state index in [0.29, 0.717) is 37.2 Å². The second-order valence-electron chi connectivity index (χ2n) is 6.37. The molecule has 0 radical (unpaired) electrons. The molecule has 0 atom stereocenters. The molecule has 136 valence electrons. The van der Waals surface area contributed by atoms with E-state index in [1.54, 1.807) is 35.2 Å². The van der Waals surface area contributed by atoms with Crippen LogP contribution in [0.3, 0.4) is 0 Å². The molecule has 2 aromatic rings. The Hall–Kier alpha value is -3.09. The summed E-state index contributed by atoms with van der Waals surface area (Å²) in [5.41, 5.74) is 1.82. The van der Waals surface area contributed by atoms with Crippen molar-refractivity contribution in [3.05, 3.63) is 53.5 Å². The zero-order valence-electron chi connectivity index (χ0n) is 14.4. The van der Waals surface area contributed by atoms with Gasteiger partial charge in [0, 0.05) is 24.3 Å². The predicted molar refractivity (Wildman–Crippen MR) is 94.1 cm³/mol. The Morgan fingerprint density at radius 2 is 1.92 bits per heavy atom. The summed E-state index contributed by atoms with van der Waals surface area (Å²) in [6.45, 7) is 2.67. The van der Waals surface area contributed by atoms with Crippen molar-refractivity contribution >= 4 is 23.5 Å². The number of carbonyl (C=O) groups is 3. The summed E-state index contributed by atoms with van der Waals surface area (Å²) in [4.78, 5) is 37.5. The third-order valence-corrected chi connectivity index (χ3v) is 4.61. The van der Waals surface area contributed by atoms with Crippen molar-refractivity contribution < 1.29 is 23.9 Å². The third kappa shape index (κ3) is 3.77. The molecule has 1 fully saturated rings. The average molecular weight is 356 g/mol.